The van der Waals surface area contributed by atoms with Crippen molar-refractivity contribution in [2.24, 2.45) is 11.8 Å². The number of nitrogens with zero attached hydrogens (tertiary/aromatic N) is 1. The van der Waals surface area contributed by atoms with Crippen molar-refractivity contribution in [2.45, 2.75) is 25.4 Å². The van der Waals surface area contributed by atoms with Crippen LogP contribution < -0.4 is 14.8 Å². The fourth-order valence-corrected chi connectivity index (χ4v) is 4.37. The maximum atomic E-state index is 13.1. The molecule has 0 radical (unpaired) electrons. The van der Waals surface area contributed by atoms with E-state index in [9.17, 15) is 19.5 Å². The van der Waals surface area contributed by atoms with E-state index >= 15 is 0 Å². The van der Waals surface area contributed by atoms with Crippen molar-refractivity contribution in [3.63, 3.8) is 0 Å². The minimum absolute atomic E-state index is 0.0792. The third-order valence-corrected chi connectivity index (χ3v) is 5.73. The third kappa shape index (κ3) is 3.05. The summed E-state index contributed by atoms with van der Waals surface area (Å²) in [7, 11) is 3.00. The number of aliphatic hydroxyl groups is 1. The molecule has 0 unspecified atom stereocenters. The van der Waals surface area contributed by atoms with Gasteiger partial charge in [0.15, 0.2) is 5.54 Å². The van der Waals surface area contributed by atoms with Crippen LogP contribution in [0.3, 0.4) is 0 Å². The lowest BCUT2D eigenvalue weighted by Crippen LogP contribution is -2.59. The van der Waals surface area contributed by atoms with Gasteiger partial charge < -0.3 is 19.3 Å². The highest BCUT2D eigenvalue weighted by Gasteiger charge is 2.68. The molecule has 3 rings (SSSR count). The number of amides is 2. The second kappa shape index (κ2) is 8.00. The van der Waals surface area contributed by atoms with Gasteiger partial charge in [0, 0.05) is 24.2 Å². The summed E-state index contributed by atoms with van der Waals surface area (Å²) in [5.74, 6) is -2.59. The van der Waals surface area contributed by atoms with E-state index in [0.29, 0.717) is 17.1 Å². The first-order valence-electron chi connectivity index (χ1n) is 9.53. The van der Waals surface area contributed by atoms with Gasteiger partial charge in [0.05, 0.1) is 39.3 Å². The largest absolute Gasteiger partial charge is 0.497 e. The van der Waals surface area contributed by atoms with Gasteiger partial charge in [-0.2, -0.15) is 0 Å². The van der Waals surface area contributed by atoms with E-state index in [4.69, 9.17) is 14.2 Å². The highest BCUT2D eigenvalue weighted by atomic mass is 16.5. The van der Waals surface area contributed by atoms with Gasteiger partial charge in [-0.05, 0) is 19.9 Å². The van der Waals surface area contributed by atoms with E-state index in [-0.39, 0.29) is 13.2 Å². The molecule has 2 aliphatic rings. The minimum atomic E-state index is -1.72. The van der Waals surface area contributed by atoms with Gasteiger partial charge in [0.2, 0.25) is 11.8 Å². The lowest BCUT2D eigenvalue weighted by atomic mass is 9.79. The molecule has 158 valence electrons. The van der Waals surface area contributed by atoms with Crippen LogP contribution in [0.25, 0.3) is 0 Å². The Morgan fingerprint density at radius 2 is 1.93 bits per heavy atom. The molecule has 9 heteroatoms. The number of nitrogens with one attached hydrogen (secondary N) is 1. The zero-order chi connectivity index (χ0) is 21.3. The molecular formula is C20H26N2O7. The molecule has 0 saturated carbocycles. The molecule has 2 fully saturated rings. The lowest BCUT2D eigenvalue weighted by molar-refractivity contribution is -0.158. The van der Waals surface area contributed by atoms with E-state index in [0.717, 1.165) is 4.90 Å². The van der Waals surface area contributed by atoms with Crippen LogP contribution >= 0.6 is 0 Å². The van der Waals surface area contributed by atoms with Gasteiger partial charge in [-0.15, -0.1) is 0 Å². The quantitative estimate of drug-likeness (QED) is 0.490. The Hall–Kier alpha value is -2.65. The number of imide groups is 1. The fraction of sp³-hybridized carbons (Fsp3) is 0.550. The molecule has 0 aliphatic carbocycles. The molecule has 2 heterocycles. The predicted molar refractivity (Wildman–Crippen MR) is 101 cm³/mol. The fourth-order valence-electron chi connectivity index (χ4n) is 4.37. The van der Waals surface area contributed by atoms with Gasteiger partial charge in [-0.25, -0.2) is 4.79 Å². The smallest absolute Gasteiger partial charge is 0.329 e. The molecule has 1 aromatic carbocycles. The number of aliphatic hydroxyl groups excluding tert-OH is 1. The summed E-state index contributed by atoms with van der Waals surface area (Å²) in [6.07, 6.45) is 0. The maximum absolute atomic E-state index is 13.1. The van der Waals surface area contributed by atoms with Crippen LogP contribution in [-0.4, -0.2) is 67.3 Å². The maximum Gasteiger partial charge on any atom is 0.329 e. The van der Waals surface area contributed by atoms with Crippen LogP contribution in [0.1, 0.15) is 25.5 Å². The number of rotatable bonds is 7. The molecule has 9 nitrogen and oxygen atoms in total. The summed E-state index contributed by atoms with van der Waals surface area (Å²) >= 11 is 0. The van der Waals surface area contributed by atoms with Crippen LogP contribution in [0.2, 0.25) is 0 Å². The number of esters is 1. The van der Waals surface area contributed by atoms with E-state index in [1.165, 1.54) is 14.2 Å². The number of carbonyl (C=O) groups is 3. The molecular weight excluding hydrogens is 380 g/mol. The number of ether oxygens (including phenoxy) is 3. The van der Waals surface area contributed by atoms with Crippen molar-refractivity contribution in [3.05, 3.63) is 23.8 Å². The minimum Gasteiger partial charge on any atom is -0.497 e. The third-order valence-electron chi connectivity index (χ3n) is 5.73. The standard InChI is InChI=1S/C20H26N2O7/c1-5-22-17(24)14-15(18(22)25)20(10-23,19(26)29-6-2)21-16(14)12-8-7-11(27-3)9-13(12)28-4/h7-9,14-16,21,23H,5-6,10H2,1-4H3/t14-,15-,16-,20+/m0/s1. The van der Waals surface area contributed by atoms with Gasteiger partial charge >= 0.3 is 5.97 Å². The van der Waals surface area contributed by atoms with E-state index in [2.05, 4.69) is 5.32 Å². The Balaban J connectivity index is 2.16. The molecule has 0 spiro atoms. The first-order valence-corrected chi connectivity index (χ1v) is 9.53. The summed E-state index contributed by atoms with van der Waals surface area (Å²) in [4.78, 5) is 40.1. The van der Waals surface area contributed by atoms with Crippen LogP contribution in [0.4, 0.5) is 0 Å². The summed E-state index contributed by atoms with van der Waals surface area (Å²) in [6.45, 7) is 2.91. The Kier molecular flexibility index (Phi) is 5.81. The SMILES string of the molecule is CCOC(=O)[C@]1(CO)N[C@@H](c2ccc(OC)cc2OC)[C@H]2C(=O)N(CC)C(=O)[C@H]21. The molecule has 1 aromatic rings. The molecule has 2 amide bonds. The molecule has 2 N–H and O–H groups in total. The first-order chi connectivity index (χ1) is 13.9. The van der Waals surface area contributed by atoms with Crippen molar-refractivity contribution in [1.82, 2.24) is 10.2 Å². The first kappa shape index (κ1) is 21.1. The van der Waals surface area contributed by atoms with E-state index < -0.39 is 47.8 Å². The summed E-state index contributed by atoms with van der Waals surface area (Å²) in [5.41, 5.74) is -1.13. The number of methoxy groups -OCH3 is 2. The number of fused-ring (bicyclic) bond motifs is 1. The van der Waals surface area contributed by atoms with Crippen molar-refractivity contribution >= 4 is 17.8 Å². The van der Waals surface area contributed by atoms with E-state index in [1.54, 1.807) is 32.0 Å². The second-order valence-electron chi connectivity index (χ2n) is 7.00. The summed E-state index contributed by atoms with van der Waals surface area (Å²) in [6, 6.07) is 4.35. The number of likely N-dealkylation sites (tertiary alicyclic amines) is 1. The highest BCUT2D eigenvalue weighted by molar-refractivity contribution is 6.09. The van der Waals surface area contributed by atoms with Crippen molar-refractivity contribution in [3.8, 4) is 11.5 Å². The van der Waals surface area contributed by atoms with Crippen LogP contribution in [0, 0.1) is 11.8 Å². The Bertz CT molecular complexity index is 827. The molecule has 2 saturated heterocycles. The van der Waals surface area contributed by atoms with Gasteiger partial charge in [0.25, 0.3) is 0 Å². The Morgan fingerprint density at radius 1 is 1.21 bits per heavy atom. The van der Waals surface area contributed by atoms with Gasteiger partial charge in [0.1, 0.15) is 11.5 Å². The Labute approximate surface area is 168 Å². The van der Waals surface area contributed by atoms with Gasteiger partial charge in [-0.1, -0.05) is 6.07 Å². The zero-order valence-electron chi connectivity index (χ0n) is 16.9. The monoisotopic (exact) mass is 406 g/mol. The van der Waals surface area contributed by atoms with E-state index in [1.807, 2.05) is 0 Å². The molecule has 4 atom stereocenters. The van der Waals surface area contributed by atoms with Crippen molar-refractivity contribution in [1.29, 1.82) is 0 Å². The van der Waals surface area contributed by atoms with Crippen LogP contribution in [0.5, 0.6) is 11.5 Å². The zero-order valence-corrected chi connectivity index (χ0v) is 16.9. The topological polar surface area (TPSA) is 114 Å². The second-order valence-corrected chi connectivity index (χ2v) is 7.00. The molecule has 2 aliphatic heterocycles. The average Bonchev–Trinajstić information content (AvgIpc) is 3.21. The number of hydrogen-bond acceptors (Lipinski definition) is 8. The normalized spacial score (nSPS) is 28.4. The van der Waals surface area contributed by atoms with Crippen LogP contribution in [-0.2, 0) is 19.1 Å². The average molecular weight is 406 g/mol. The summed E-state index contributed by atoms with van der Waals surface area (Å²) < 4.78 is 15.9. The highest BCUT2D eigenvalue weighted by Crippen LogP contribution is 2.50. The van der Waals surface area contributed by atoms with Crippen molar-refractivity contribution < 1.29 is 33.7 Å². The molecule has 0 bridgehead atoms. The summed E-state index contributed by atoms with van der Waals surface area (Å²) in [5, 5.41) is 13.3. The molecule has 29 heavy (non-hydrogen) atoms. The van der Waals surface area contributed by atoms with Gasteiger partial charge in [-0.3, -0.25) is 19.8 Å². The van der Waals surface area contributed by atoms with Crippen molar-refractivity contribution in [2.75, 3.05) is 34.0 Å². The lowest BCUT2D eigenvalue weighted by Gasteiger charge is -2.31. The van der Waals surface area contributed by atoms with Crippen LogP contribution in [0.15, 0.2) is 18.2 Å². The molecule has 0 aromatic heterocycles. The Morgan fingerprint density at radius 3 is 2.48 bits per heavy atom. The number of carbonyl (C=O) groups excluding carboxylic acids is 3. The number of hydrogen-bond donors (Lipinski definition) is 2. The number of benzene rings is 1. The predicted octanol–water partition coefficient (Wildman–Crippen LogP) is 0.263.